The average Bonchev–Trinajstić information content (AvgIpc) is 2.80. The number of carbonyl (C=O) groups excluding carboxylic acids is 1. The summed E-state index contributed by atoms with van der Waals surface area (Å²) in [5.74, 6) is -3.11. The lowest BCUT2D eigenvalue weighted by Gasteiger charge is -2.31. The number of carboxylic acids is 2. The Bertz CT molecular complexity index is 743. The highest BCUT2D eigenvalue weighted by atomic mass is 16.5. The van der Waals surface area contributed by atoms with Crippen LogP contribution >= 0.6 is 0 Å². The first-order chi connectivity index (χ1) is 14.9. The van der Waals surface area contributed by atoms with E-state index in [1.165, 1.54) is 32.1 Å². The van der Waals surface area contributed by atoms with Gasteiger partial charge in [0.1, 0.15) is 0 Å². The highest BCUT2D eigenvalue weighted by Crippen LogP contribution is 2.30. The number of hydrogen-bond acceptors (Lipinski definition) is 5. The van der Waals surface area contributed by atoms with Crippen LogP contribution in [0.2, 0.25) is 0 Å². The van der Waals surface area contributed by atoms with Crippen molar-refractivity contribution in [1.82, 2.24) is 4.90 Å². The van der Waals surface area contributed by atoms with Gasteiger partial charge in [0.25, 0.3) is 0 Å². The monoisotopic (exact) mass is 431 g/mol. The van der Waals surface area contributed by atoms with E-state index in [0.29, 0.717) is 6.61 Å². The van der Waals surface area contributed by atoms with Crippen molar-refractivity contribution in [3.8, 4) is 0 Å². The van der Waals surface area contributed by atoms with Crippen LogP contribution in [0.3, 0.4) is 0 Å². The van der Waals surface area contributed by atoms with Crippen LogP contribution in [-0.4, -0.2) is 59.3 Å². The summed E-state index contributed by atoms with van der Waals surface area (Å²) in [6.07, 6.45) is 9.90. The first kappa shape index (κ1) is 24.6. The van der Waals surface area contributed by atoms with Crippen molar-refractivity contribution in [3.05, 3.63) is 42.0 Å². The maximum Gasteiger partial charge on any atom is 0.414 e. The van der Waals surface area contributed by atoms with Crippen molar-refractivity contribution in [2.45, 2.75) is 45.4 Å². The summed E-state index contributed by atoms with van der Waals surface area (Å²) in [7, 11) is 0. The van der Waals surface area contributed by atoms with Crippen molar-refractivity contribution in [2.75, 3.05) is 26.2 Å². The maximum atomic E-state index is 12.8. The molecule has 1 aliphatic carbocycles. The van der Waals surface area contributed by atoms with E-state index < -0.39 is 11.9 Å². The summed E-state index contributed by atoms with van der Waals surface area (Å²) >= 11 is 0. The van der Waals surface area contributed by atoms with E-state index in [2.05, 4.69) is 30.0 Å². The van der Waals surface area contributed by atoms with Crippen LogP contribution in [0.4, 0.5) is 0 Å². The number of likely N-dealkylation sites (N-methyl/N-ethyl adjacent to an activating group) is 1. The third-order valence-electron chi connectivity index (χ3n) is 5.90. The minimum atomic E-state index is -1.82. The van der Waals surface area contributed by atoms with Crippen LogP contribution in [0.1, 0.15) is 51.0 Å². The van der Waals surface area contributed by atoms with Gasteiger partial charge in [0.15, 0.2) is 0 Å². The highest BCUT2D eigenvalue weighted by Gasteiger charge is 2.30. The summed E-state index contributed by atoms with van der Waals surface area (Å²) in [4.78, 5) is 33.3. The quantitative estimate of drug-likeness (QED) is 0.523. The molecule has 2 N–H and O–H groups in total. The molecule has 170 valence electrons. The zero-order chi connectivity index (χ0) is 22.6. The van der Waals surface area contributed by atoms with Gasteiger partial charge < -0.3 is 14.9 Å². The fourth-order valence-electron chi connectivity index (χ4n) is 4.11. The van der Waals surface area contributed by atoms with E-state index >= 15 is 0 Å². The third-order valence-corrected chi connectivity index (χ3v) is 5.90. The predicted octanol–water partition coefficient (Wildman–Crippen LogP) is 3.69. The van der Waals surface area contributed by atoms with Gasteiger partial charge >= 0.3 is 17.9 Å². The Kier molecular flexibility index (Phi) is 10.2. The smallest absolute Gasteiger partial charge is 0.414 e. The Morgan fingerprint density at radius 3 is 2.26 bits per heavy atom. The summed E-state index contributed by atoms with van der Waals surface area (Å²) in [5.41, 5.74) is 2.28. The number of ether oxygens (including phenoxy) is 1. The standard InChI is InChI=1S/C22H31NO2.C2H2O4/c1-2-23-15-13-20(19-11-7-4-8-12-19)21(17-23)22(24)25-16-14-18-9-5-3-6-10-18;3-1(4)2(5)6/h4,7-8,11-13,18,21H,2-3,5-6,9-10,14-17H2,1H3;(H,3,4)(H,5,6). The Morgan fingerprint density at radius 1 is 1.03 bits per heavy atom. The number of carboxylic acid groups (broad SMARTS) is 2. The lowest BCUT2D eigenvalue weighted by molar-refractivity contribution is -0.159. The van der Waals surface area contributed by atoms with Crippen molar-refractivity contribution in [2.24, 2.45) is 11.8 Å². The molecule has 31 heavy (non-hydrogen) atoms. The molecule has 1 saturated carbocycles. The average molecular weight is 432 g/mol. The predicted molar refractivity (Wildman–Crippen MR) is 117 cm³/mol. The maximum absolute atomic E-state index is 12.8. The van der Waals surface area contributed by atoms with Gasteiger partial charge in [0, 0.05) is 13.1 Å². The number of aliphatic carboxylic acids is 2. The van der Waals surface area contributed by atoms with E-state index in [1.54, 1.807) is 0 Å². The Hall–Kier alpha value is -2.67. The van der Waals surface area contributed by atoms with Gasteiger partial charge in [0.2, 0.25) is 0 Å². The molecule has 2 aliphatic rings. The molecular formula is C24H33NO6. The van der Waals surface area contributed by atoms with Crippen molar-refractivity contribution >= 4 is 23.5 Å². The Balaban J connectivity index is 0.000000501. The van der Waals surface area contributed by atoms with Gasteiger partial charge in [-0.25, -0.2) is 9.59 Å². The molecule has 7 nitrogen and oxygen atoms in total. The van der Waals surface area contributed by atoms with Crippen LogP contribution in [0, 0.1) is 11.8 Å². The van der Waals surface area contributed by atoms with Crippen LogP contribution in [0.15, 0.2) is 36.4 Å². The molecule has 7 heteroatoms. The molecule has 0 aromatic heterocycles. The van der Waals surface area contributed by atoms with Gasteiger partial charge in [0.05, 0.1) is 12.5 Å². The van der Waals surface area contributed by atoms with Gasteiger partial charge in [-0.3, -0.25) is 9.69 Å². The molecule has 0 saturated heterocycles. The first-order valence-corrected chi connectivity index (χ1v) is 11.0. The summed E-state index contributed by atoms with van der Waals surface area (Å²) in [6.45, 7) is 5.36. The molecule has 0 radical (unpaired) electrons. The zero-order valence-corrected chi connectivity index (χ0v) is 18.2. The molecule has 3 rings (SSSR count). The second-order valence-corrected chi connectivity index (χ2v) is 8.00. The van der Waals surface area contributed by atoms with E-state index in [-0.39, 0.29) is 11.9 Å². The van der Waals surface area contributed by atoms with Gasteiger partial charge in [-0.2, -0.15) is 0 Å². The first-order valence-electron chi connectivity index (χ1n) is 11.0. The van der Waals surface area contributed by atoms with Crippen molar-refractivity contribution < 1.29 is 29.3 Å². The Labute approximate surface area is 183 Å². The van der Waals surface area contributed by atoms with Crippen LogP contribution in [0.5, 0.6) is 0 Å². The normalized spacial score (nSPS) is 19.5. The van der Waals surface area contributed by atoms with Gasteiger partial charge in [-0.15, -0.1) is 0 Å². The lowest BCUT2D eigenvalue weighted by Crippen LogP contribution is -2.38. The number of nitrogens with zero attached hydrogens (tertiary/aromatic N) is 1. The minimum absolute atomic E-state index is 0.0518. The molecule has 1 aliphatic heterocycles. The number of benzene rings is 1. The second kappa shape index (κ2) is 12.9. The largest absolute Gasteiger partial charge is 0.473 e. The molecule has 0 amide bonds. The number of carbonyl (C=O) groups is 3. The lowest BCUT2D eigenvalue weighted by atomic mass is 9.87. The fraction of sp³-hybridized carbons (Fsp3) is 0.542. The molecule has 1 aromatic carbocycles. The van der Waals surface area contributed by atoms with Gasteiger partial charge in [-0.1, -0.05) is 75.4 Å². The van der Waals surface area contributed by atoms with Crippen molar-refractivity contribution in [3.63, 3.8) is 0 Å². The molecule has 1 heterocycles. The molecule has 1 unspecified atom stereocenters. The summed E-state index contributed by atoms with van der Waals surface area (Å²) < 4.78 is 5.72. The van der Waals surface area contributed by atoms with E-state index in [9.17, 15) is 4.79 Å². The summed E-state index contributed by atoms with van der Waals surface area (Å²) in [6, 6.07) is 10.3. The van der Waals surface area contributed by atoms with Crippen LogP contribution in [-0.2, 0) is 19.1 Å². The SMILES string of the molecule is CCN1CC=C(c2ccccc2)C(C(=O)OCCC2CCCCC2)C1.O=C(O)C(=O)O. The van der Waals surface area contributed by atoms with Gasteiger partial charge in [-0.05, 0) is 30.0 Å². The number of hydrogen-bond donors (Lipinski definition) is 2. The Morgan fingerprint density at radius 2 is 1.68 bits per heavy atom. The summed E-state index contributed by atoms with van der Waals surface area (Å²) in [5, 5.41) is 14.8. The molecule has 1 fully saturated rings. The molecule has 1 aromatic rings. The fourth-order valence-corrected chi connectivity index (χ4v) is 4.11. The van der Waals surface area contributed by atoms with Crippen molar-refractivity contribution in [1.29, 1.82) is 0 Å². The minimum Gasteiger partial charge on any atom is -0.473 e. The van der Waals surface area contributed by atoms with E-state index in [0.717, 1.165) is 43.1 Å². The van der Waals surface area contributed by atoms with Crippen LogP contribution < -0.4 is 0 Å². The number of rotatable bonds is 6. The molecule has 1 atom stereocenters. The van der Waals surface area contributed by atoms with Crippen LogP contribution in [0.25, 0.3) is 5.57 Å². The van der Waals surface area contributed by atoms with E-state index in [1.807, 2.05) is 18.2 Å². The number of esters is 1. The highest BCUT2D eigenvalue weighted by molar-refractivity contribution is 6.27. The van der Waals surface area contributed by atoms with E-state index in [4.69, 9.17) is 24.5 Å². The molecule has 0 bridgehead atoms. The topological polar surface area (TPSA) is 104 Å². The molecular weight excluding hydrogens is 398 g/mol. The zero-order valence-electron chi connectivity index (χ0n) is 18.2. The molecule has 0 spiro atoms. The third kappa shape index (κ3) is 8.17. The second-order valence-electron chi connectivity index (χ2n) is 8.00.